The number of hydrogen-bond acceptors (Lipinski definition) is 8. The van der Waals surface area contributed by atoms with E-state index in [1.807, 2.05) is 0 Å². The summed E-state index contributed by atoms with van der Waals surface area (Å²) in [7, 11) is 5.54. The van der Waals surface area contributed by atoms with E-state index in [0.717, 1.165) is 0 Å². The molecule has 0 bridgehead atoms. The number of rotatable bonds is 8. The Morgan fingerprint density at radius 1 is 0.600 bits per heavy atom. The fraction of sp³-hybridized carbons (Fsp3) is 0.250. The summed E-state index contributed by atoms with van der Waals surface area (Å²) in [6.45, 7) is 0. The Labute approximate surface area is 145 Å². The lowest BCUT2D eigenvalue weighted by Crippen LogP contribution is -2.11. The van der Waals surface area contributed by atoms with E-state index in [-0.39, 0.29) is 42.2 Å². The SMILES string of the molecule is COc1cc(OBOc2cc(OC)c(O)c(OC)c2)cc(OC)c1O. The molecule has 0 aromatic heterocycles. The highest BCUT2D eigenvalue weighted by Gasteiger charge is 2.14. The molecule has 0 unspecified atom stereocenters. The average molecular weight is 350 g/mol. The molecule has 0 aliphatic heterocycles. The van der Waals surface area contributed by atoms with E-state index in [9.17, 15) is 10.2 Å². The maximum atomic E-state index is 9.87. The minimum atomic E-state index is -0.145. The van der Waals surface area contributed by atoms with Gasteiger partial charge in [-0.05, 0) is 0 Å². The van der Waals surface area contributed by atoms with Crippen LogP contribution in [0.1, 0.15) is 0 Å². The number of ether oxygens (including phenoxy) is 4. The van der Waals surface area contributed by atoms with Crippen LogP contribution in [-0.2, 0) is 0 Å². The van der Waals surface area contributed by atoms with Crippen molar-refractivity contribution in [1.29, 1.82) is 0 Å². The minimum absolute atomic E-state index is 0.119. The molecule has 2 aromatic carbocycles. The number of benzene rings is 2. The van der Waals surface area contributed by atoms with Gasteiger partial charge in [-0.3, -0.25) is 0 Å². The Hall–Kier alpha value is -3.10. The second-order valence-corrected chi connectivity index (χ2v) is 4.76. The molecule has 0 atom stereocenters. The normalized spacial score (nSPS) is 9.92. The van der Waals surface area contributed by atoms with Crippen LogP contribution in [0, 0.1) is 0 Å². The standard InChI is InChI=1S/C16H19BO8/c1-20-11-5-9(6-12(21-2)15(11)18)24-17-25-10-7-13(22-3)16(19)14(8-10)23-4/h5-8,17-19H,1-4H3. The highest BCUT2D eigenvalue weighted by atomic mass is 16.6. The van der Waals surface area contributed by atoms with Crippen molar-refractivity contribution in [2.75, 3.05) is 28.4 Å². The Morgan fingerprint density at radius 2 is 0.880 bits per heavy atom. The third kappa shape index (κ3) is 4.06. The lowest BCUT2D eigenvalue weighted by atomic mass is 10.2. The second kappa shape index (κ2) is 8.14. The third-order valence-electron chi connectivity index (χ3n) is 3.36. The van der Waals surface area contributed by atoms with Crippen LogP contribution in [-0.4, -0.2) is 46.3 Å². The van der Waals surface area contributed by atoms with Crippen molar-refractivity contribution in [3.8, 4) is 46.0 Å². The Kier molecular flexibility index (Phi) is 5.94. The molecule has 0 saturated heterocycles. The van der Waals surface area contributed by atoms with Crippen LogP contribution < -0.4 is 28.3 Å². The van der Waals surface area contributed by atoms with Gasteiger partial charge in [0.05, 0.1) is 28.4 Å². The van der Waals surface area contributed by atoms with Crippen LogP contribution in [0.4, 0.5) is 0 Å². The summed E-state index contributed by atoms with van der Waals surface area (Å²) < 4.78 is 31.2. The number of phenolic OH excluding ortho intramolecular Hbond substituents is 2. The van der Waals surface area contributed by atoms with Gasteiger partial charge in [0, 0.05) is 24.3 Å². The van der Waals surface area contributed by atoms with E-state index in [1.165, 1.54) is 52.7 Å². The molecule has 8 nitrogen and oxygen atoms in total. The summed E-state index contributed by atoms with van der Waals surface area (Å²) in [5.74, 6) is 1.36. The maximum absolute atomic E-state index is 9.87. The minimum Gasteiger partial charge on any atom is -0.528 e. The van der Waals surface area contributed by atoms with E-state index >= 15 is 0 Å². The number of methoxy groups -OCH3 is 4. The van der Waals surface area contributed by atoms with E-state index in [4.69, 9.17) is 28.3 Å². The van der Waals surface area contributed by atoms with Gasteiger partial charge in [0.2, 0.25) is 11.5 Å². The van der Waals surface area contributed by atoms with E-state index in [0.29, 0.717) is 11.5 Å². The lowest BCUT2D eigenvalue weighted by molar-refractivity contribution is 0.334. The van der Waals surface area contributed by atoms with Crippen LogP contribution in [0.3, 0.4) is 0 Å². The first-order valence-corrected chi connectivity index (χ1v) is 7.19. The van der Waals surface area contributed by atoms with Crippen molar-refractivity contribution in [2.24, 2.45) is 0 Å². The highest BCUT2D eigenvalue weighted by molar-refractivity contribution is 6.20. The van der Waals surface area contributed by atoms with E-state index in [2.05, 4.69) is 0 Å². The molecule has 0 heterocycles. The summed E-state index contributed by atoms with van der Waals surface area (Å²) in [5.41, 5.74) is 0. The lowest BCUT2D eigenvalue weighted by Gasteiger charge is -2.14. The van der Waals surface area contributed by atoms with Crippen LogP contribution in [0.2, 0.25) is 0 Å². The number of hydrogen-bond donors (Lipinski definition) is 2. The predicted octanol–water partition coefficient (Wildman–Crippen LogP) is 1.86. The molecule has 134 valence electrons. The molecule has 0 aliphatic carbocycles. The van der Waals surface area contributed by atoms with Crippen LogP contribution >= 0.6 is 0 Å². The molecule has 0 amide bonds. The van der Waals surface area contributed by atoms with Gasteiger partial charge in [-0.1, -0.05) is 0 Å². The topological polar surface area (TPSA) is 95.8 Å². The van der Waals surface area contributed by atoms with Crippen molar-refractivity contribution in [3.05, 3.63) is 24.3 Å². The maximum Gasteiger partial charge on any atom is 0.576 e. The van der Waals surface area contributed by atoms with Crippen molar-refractivity contribution in [2.45, 2.75) is 0 Å². The molecule has 9 heteroatoms. The summed E-state index contributed by atoms with van der Waals surface area (Å²) in [6.07, 6.45) is 0. The summed E-state index contributed by atoms with van der Waals surface area (Å²) >= 11 is 0. The molecule has 0 saturated carbocycles. The van der Waals surface area contributed by atoms with Gasteiger partial charge in [0.15, 0.2) is 23.0 Å². The van der Waals surface area contributed by atoms with Crippen molar-refractivity contribution in [3.63, 3.8) is 0 Å². The van der Waals surface area contributed by atoms with E-state index in [1.54, 1.807) is 0 Å². The zero-order valence-corrected chi connectivity index (χ0v) is 14.4. The highest BCUT2D eigenvalue weighted by Crippen LogP contribution is 2.41. The first-order chi connectivity index (χ1) is 12.0. The molecule has 0 spiro atoms. The zero-order valence-electron chi connectivity index (χ0n) is 14.4. The third-order valence-corrected chi connectivity index (χ3v) is 3.36. The first-order valence-electron chi connectivity index (χ1n) is 7.19. The molecule has 0 radical (unpaired) electrons. The number of aromatic hydroxyl groups is 2. The number of phenols is 2. The summed E-state index contributed by atoms with van der Waals surface area (Å²) in [6, 6.07) is 6.00. The zero-order chi connectivity index (χ0) is 18.4. The molecule has 0 fully saturated rings. The quantitative estimate of drug-likeness (QED) is 0.697. The van der Waals surface area contributed by atoms with Crippen LogP contribution in [0.5, 0.6) is 46.0 Å². The second-order valence-electron chi connectivity index (χ2n) is 4.76. The van der Waals surface area contributed by atoms with Gasteiger partial charge in [-0.15, -0.1) is 0 Å². The fourth-order valence-corrected chi connectivity index (χ4v) is 2.07. The summed E-state index contributed by atoms with van der Waals surface area (Å²) in [4.78, 5) is 0. The molecular weight excluding hydrogens is 331 g/mol. The fourth-order valence-electron chi connectivity index (χ4n) is 2.07. The first kappa shape index (κ1) is 18.2. The predicted molar refractivity (Wildman–Crippen MR) is 90.8 cm³/mol. The Morgan fingerprint density at radius 3 is 1.12 bits per heavy atom. The largest absolute Gasteiger partial charge is 0.576 e. The van der Waals surface area contributed by atoms with Crippen molar-refractivity contribution < 1.29 is 38.5 Å². The van der Waals surface area contributed by atoms with Gasteiger partial charge < -0.3 is 38.5 Å². The summed E-state index contributed by atoms with van der Waals surface area (Å²) in [5, 5.41) is 19.7. The Bertz CT molecular complexity index is 623. The van der Waals surface area contributed by atoms with Gasteiger partial charge >= 0.3 is 7.69 Å². The van der Waals surface area contributed by atoms with Gasteiger partial charge in [0.25, 0.3) is 0 Å². The molecular formula is C16H19BO8. The van der Waals surface area contributed by atoms with Crippen LogP contribution in [0.15, 0.2) is 24.3 Å². The van der Waals surface area contributed by atoms with Crippen LogP contribution in [0.25, 0.3) is 0 Å². The molecule has 2 rings (SSSR count). The van der Waals surface area contributed by atoms with E-state index < -0.39 is 0 Å². The van der Waals surface area contributed by atoms with Gasteiger partial charge in [0.1, 0.15) is 11.5 Å². The molecule has 2 aromatic rings. The molecule has 0 aliphatic rings. The van der Waals surface area contributed by atoms with Crippen molar-refractivity contribution in [1.82, 2.24) is 0 Å². The van der Waals surface area contributed by atoms with Gasteiger partial charge in [-0.25, -0.2) is 0 Å². The van der Waals surface area contributed by atoms with Crippen molar-refractivity contribution >= 4 is 7.69 Å². The monoisotopic (exact) mass is 350 g/mol. The Balaban J connectivity index is 2.11. The smallest absolute Gasteiger partial charge is 0.528 e. The molecule has 2 N–H and O–H groups in total. The van der Waals surface area contributed by atoms with Gasteiger partial charge in [-0.2, -0.15) is 0 Å². The average Bonchev–Trinajstić information content (AvgIpc) is 2.63. The molecule has 25 heavy (non-hydrogen) atoms.